The number of rotatable bonds is 6. The molecule has 9 heteroatoms. The van der Waals surface area contributed by atoms with Gasteiger partial charge in [0.05, 0.1) is 25.1 Å². The first-order chi connectivity index (χ1) is 14.1. The summed E-state index contributed by atoms with van der Waals surface area (Å²) in [7, 11) is 1.61. The Kier molecular flexibility index (Phi) is 5.48. The summed E-state index contributed by atoms with van der Waals surface area (Å²) in [6, 6.07) is 15.0. The maximum Gasteiger partial charge on any atom is 0.240 e. The van der Waals surface area contributed by atoms with Gasteiger partial charge in [-0.1, -0.05) is 12.1 Å². The third-order valence-corrected chi connectivity index (χ3v) is 5.49. The number of thioether (sulfide) groups is 1. The molecule has 148 valence electrons. The van der Waals surface area contributed by atoms with Gasteiger partial charge in [-0.3, -0.25) is 14.7 Å². The SMILES string of the molecule is COc1ccc(-c2n[nH]c(CNC(=O)CN3C(=O)CSc4ccccc43)n2)cc1. The molecule has 0 unspecified atom stereocenters. The Bertz CT molecular complexity index is 1030. The summed E-state index contributed by atoms with van der Waals surface area (Å²) in [4.78, 5) is 31.6. The van der Waals surface area contributed by atoms with E-state index in [4.69, 9.17) is 4.74 Å². The number of para-hydroxylation sites is 1. The van der Waals surface area contributed by atoms with E-state index in [1.807, 2.05) is 48.5 Å². The molecular formula is C20H19N5O3S. The topological polar surface area (TPSA) is 100 Å². The van der Waals surface area contributed by atoms with Crippen molar-refractivity contribution in [3.05, 3.63) is 54.4 Å². The van der Waals surface area contributed by atoms with Crippen LogP contribution in [0.25, 0.3) is 11.4 Å². The fraction of sp³-hybridized carbons (Fsp3) is 0.200. The molecule has 4 rings (SSSR count). The van der Waals surface area contributed by atoms with Crippen LogP contribution < -0.4 is 15.0 Å². The fourth-order valence-corrected chi connectivity index (χ4v) is 3.89. The Morgan fingerprint density at radius 3 is 2.83 bits per heavy atom. The summed E-state index contributed by atoms with van der Waals surface area (Å²) in [5.74, 6) is 1.81. The number of H-pyrrole nitrogens is 1. The van der Waals surface area contributed by atoms with Gasteiger partial charge in [0.2, 0.25) is 11.8 Å². The van der Waals surface area contributed by atoms with Gasteiger partial charge in [0.25, 0.3) is 0 Å². The van der Waals surface area contributed by atoms with Gasteiger partial charge < -0.3 is 15.0 Å². The minimum Gasteiger partial charge on any atom is -0.497 e. The second-order valence-corrected chi connectivity index (χ2v) is 7.36. The molecule has 3 aromatic rings. The van der Waals surface area contributed by atoms with Crippen molar-refractivity contribution in [2.24, 2.45) is 0 Å². The number of hydrogen-bond acceptors (Lipinski definition) is 6. The normalized spacial score (nSPS) is 13.1. The molecule has 0 radical (unpaired) electrons. The van der Waals surface area contributed by atoms with E-state index in [1.165, 1.54) is 16.7 Å². The van der Waals surface area contributed by atoms with E-state index in [1.54, 1.807) is 7.11 Å². The number of benzene rings is 2. The summed E-state index contributed by atoms with van der Waals surface area (Å²) < 4.78 is 5.14. The first-order valence-corrected chi connectivity index (χ1v) is 9.97. The standard InChI is InChI=1S/C20H19N5O3S/c1-28-14-8-6-13(7-9-14)20-22-17(23-24-20)10-21-18(26)11-25-15-4-2-3-5-16(15)29-12-19(25)27/h2-9H,10-12H2,1H3,(H,21,26)(H,22,23,24). The average Bonchev–Trinajstić information content (AvgIpc) is 3.23. The summed E-state index contributed by atoms with van der Waals surface area (Å²) in [5, 5.41) is 9.79. The van der Waals surface area contributed by atoms with Crippen molar-refractivity contribution in [3.8, 4) is 17.1 Å². The van der Waals surface area contributed by atoms with E-state index in [-0.39, 0.29) is 24.9 Å². The molecule has 0 bridgehead atoms. The highest BCUT2D eigenvalue weighted by molar-refractivity contribution is 8.00. The molecule has 0 aliphatic carbocycles. The van der Waals surface area contributed by atoms with E-state index in [2.05, 4.69) is 20.5 Å². The molecule has 1 aliphatic rings. The van der Waals surface area contributed by atoms with Crippen LogP contribution in [0.2, 0.25) is 0 Å². The number of ether oxygens (including phenoxy) is 1. The second-order valence-electron chi connectivity index (χ2n) is 6.35. The predicted octanol–water partition coefficient (Wildman–Crippen LogP) is 2.24. The number of amides is 2. The maximum absolute atomic E-state index is 12.4. The molecule has 8 nitrogen and oxygen atoms in total. The second kappa shape index (κ2) is 8.36. The van der Waals surface area contributed by atoms with E-state index < -0.39 is 0 Å². The molecule has 0 spiro atoms. The molecule has 0 fully saturated rings. The zero-order valence-corrected chi connectivity index (χ0v) is 16.5. The van der Waals surface area contributed by atoms with Crippen LogP contribution in [0.3, 0.4) is 0 Å². The first kappa shape index (κ1) is 19.0. The van der Waals surface area contributed by atoms with E-state index in [0.717, 1.165) is 21.9 Å². The van der Waals surface area contributed by atoms with Crippen molar-refractivity contribution in [1.82, 2.24) is 20.5 Å². The van der Waals surface area contributed by atoms with Crippen LogP contribution in [-0.4, -0.2) is 46.4 Å². The van der Waals surface area contributed by atoms with Gasteiger partial charge in [-0.25, -0.2) is 4.98 Å². The van der Waals surface area contributed by atoms with Crippen LogP contribution in [0, 0.1) is 0 Å². The molecule has 0 atom stereocenters. The molecule has 1 aliphatic heterocycles. The molecule has 2 N–H and O–H groups in total. The molecule has 0 saturated heterocycles. The average molecular weight is 409 g/mol. The van der Waals surface area contributed by atoms with E-state index in [0.29, 0.717) is 17.4 Å². The van der Waals surface area contributed by atoms with Crippen molar-refractivity contribution in [2.45, 2.75) is 11.4 Å². The molecular weight excluding hydrogens is 390 g/mol. The number of aromatic amines is 1. The number of methoxy groups -OCH3 is 1. The minimum absolute atomic E-state index is 0.0319. The molecule has 0 saturated carbocycles. The number of nitrogens with zero attached hydrogens (tertiary/aromatic N) is 3. The molecule has 2 amide bonds. The first-order valence-electron chi connectivity index (χ1n) is 8.98. The van der Waals surface area contributed by atoms with Crippen LogP contribution in [-0.2, 0) is 16.1 Å². The van der Waals surface area contributed by atoms with Gasteiger partial charge in [0.1, 0.15) is 18.1 Å². The molecule has 29 heavy (non-hydrogen) atoms. The van der Waals surface area contributed by atoms with Gasteiger partial charge in [-0.05, 0) is 36.4 Å². The van der Waals surface area contributed by atoms with Crippen LogP contribution in [0.15, 0.2) is 53.4 Å². The van der Waals surface area contributed by atoms with Crippen molar-refractivity contribution in [1.29, 1.82) is 0 Å². The van der Waals surface area contributed by atoms with E-state index in [9.17, 15) is 9.59 Å². The predicted molar refractivity (Wildman–Crippen MR) is 110 cm³/mol. The summed E-state index contributed by atoms with van der Waals surface area (Å²) in [5.41, 5.74) is 1.61. The Morgan fingerprint density at radius 2 is 2.03 bits per heavy atom. The Labute approximate surface area is 171 Å². The number of anilines is 1. The van der Waals surface area contributed by atoms with Crippen LogP contribution in [0.4, 0.5) is 5.69 Å². The van der Waals surface area contributed by atoms with Gasteiger partial charge in [-0.2, -0.15) is 5.10 Å². The maximum atomic E-state index is 12.4. The lowest BCUT2D eigenvalue weighted by molar-refractivity contribution is -0.123. The van der Waals surface area contributed by atoms with Crippen LogP contribution >= 0.6 is 11.8 Å². The van der Waals surface area contributed by atoms with E-state index >= 15 is 0 Å². The van der Waals surface area contributed by atoms with Crippen LogP contribution in [0.1, 0.15) is 5.82 Å². The van der Waals surface area contributed by atoms with Crippen molar-refractivity contribution >= 4 is 29.3 Å². The highest BCUT2D eigenvalue weighted by Gasteiger charge is 2.26. The zero-order valence-electron chi connectivity index (χ0n) is 15.7. The molecule has 2 heterocycles. The lowest BCUT2D eigenvalue weighted by Crippen LogP contribution is -2.43. The van der Waals surface area contributed by atoms with Gasteiger partial charge in [-0.15, -0.1) is 11.8 Å². The third kappa shape index (κ3) is 4.24. The summed E-state index contributed by atoms with van der Waals surface area (Å²) in [6.07, 6.45) is 0. The Morgan fingerprint density at radius 1 is 1.24 bits per heavy atom. The van der Waals surface area contributed by atoms with Gasteiger partial charge in [0, 0.05) is 10.5 Å². The lowest BCUT2D eigenvalue weighted by Gasteiger charge is -2.28. The highest BCUT2D eigenvalue weighted by Crippen LogP contribution is 2.34. The third-order valence-electron chi connectivity index (χ3n) is 4.44. The Balaban J connectivity index is 1.37. The van der Waals surface area contributed by atoms with Gasteiger partial charge >= 0.3 is 0 Å². The summed E-state index contributed by atoms with van der Waals surface area (Å²) in [6.45, 7) is 0.163. The quantitative estimate of drug-likeness (QED) is 0.648. The zero-order chi connectivity index (χ0) is 20.2. The van der Waals surface area contributed by atoms with Crippen molar-refractivity contribution in [3.63, 3.8) is 0 Å². The lowest BCUT2D eigenvalue weighted by atomic mass is 10.2. The summed E-state index contributed by atoms with van der Waals surface area (Å²) >= 11 is 1.49. The number of hydrogen-bond donors (Lipinski definition) is 2. The fourth-order valence-electron chi connectivity index (χ4n) is 2.95. The van der Waals surface area contributed by atoms with Crippen LogP contribution in [0.5, 0.6) is 5.75 Å². The monoisotopic (exact) mass is 409 g/mol. The van der Waals surface area contributed by atoms with Gasteiger partial charge in [0.15, 0.2) is 5.82 Å². The number of carbonyl (C=O) groups is 2. The molecule has 1 aromatic heterocycles. The number of carbonyl (C=O) groups excluding carboxylic acids is 2. The van der Waals surface area contributed by atoms with Crippen molar-refractivity contribution in [2.75, 3.05) is 24.3 Å². The smallest absolute Gasteiger partial charge is 0.240 e. The van der Waals surface area contributed by atoms with Crippen molar-refractivity contribution < 1.29 is 14.3 Å². The number of fused-ring (bicyclic) bond motifs is 1. The highest BCUT2D eigenvalue weighted by atomic mass is 32.2. The number of nitrogens with one attached hydrogen (secondary N) is 2. The Hall–Kier alpha value is -3.33. The largest absolute Gasteiger partial charge is 0.497 e. The number of aromatic nitrogens is 3. The minimum atomic E-state index is -0.262. The molecule has 2 aromatic carbocycles.